The highest BCUT2D eigenvalue weighted by atomic mass is 32.2. The van der Waals surface area contributed by atoms with E-state index in [1.807, 2.05) is 37.4 Å². The van der Waals surface area contributed by atoms with Gasteiger partial charge in [0.25, 0.3) is 0 Å². The molecule has 0 atom stereocenters. The highest BCUT2D eigenvalue weighted by Crippen LogP contribution is 2.26. The van der Waals surface area contributed by atoms with E-state index in [-0.39, 0.29) is 5.12 Å². The molecule has 90 valence electrons. The number of fused-ring (bicyclic) bond motifs is 1. The van der Waals surface area contributed by atoms with Crippen molar-refractivity contribution in [2.45, 2.75) is 11.3 Å². The van der Waals surface area contributed by atoms with Crippen LogP contribution in [0, 0.1) is 6.92 Å². The largest absolute Gasteiger partial charge is 0.361 e. The summed E-state index contributed by atoms with van der Waals surface area (Å²) >= 11 is 2.55. The zero-order valence-electron chi connectivity index (χ0n) is 9.51. The number of rotatable bonds is 2. The van der Waals surface area contributed by atoms with E-state index in [1.54, 1.807) is 0 Å². The molecule has 0 aliphatic carbocycles. The topological polar surface area (TPSA) is 58.6 Å². The van der Waals surface area contributed by atoms with Crippen molar-refractivity contribution in [1.29, 1.82) is 0 Å². The van der Waals surface area contributed by atoms with Gasteiger partial charge in [-0.05, 0) is 42.3 Å². The van der Waals surface area contributed by atoms with Gasteiger partial charge >= 0.3 is 0 Å². The van der Waals surface area contributed by atoms with Crippen LogP contribution < -0.4 is 0 Å². The normalized spacial score (nSPS) is 10.9. The van der Waals surface area contributed by atoms with Crippen molar-refractivity contribution in [2.24, 2.45) is 0 Å². The minimum atomic E-state index is -0.0114. The first-order chi connectivity index (χ1) is 8.72. The van der Waals surface area contributed by atoms with E-state index in [4.69, 9.17) is 0 Å². The summed E-state index contributed by atoms with van der Waals surface area (Å²) in [5.41, 5.74) is 1.64. The van der Waals surface area contributed by atoms with Crippen molar-refractivity contribution in [2.75, 3.05) is 0 Å². The number of H-pyrrole nitrogens is 1. The molecule has 0 aliphatic heterocycles. The lowest BCUT2D eigenvalue weighted by Gasteiger charge is -1.98. The van der Waals surface area contributed by atoms with Crippen LogP contribution >= 0.6 is 23.1 Å². The van der Waals surface area contributed by atoms with E-state index in [0.717, 1.165) is 27.7 Å². The standard InChI is InChI=1S/C12H9N3OS2/c1-7-14-15-12(17-7)18-11(16)9-3-2-8-4-5-13-10(8)6-9/h2-6,13H,1H3. The molecule has 0 bridgehead atoms. The molecule has 2 aromatic heterocycles. The van der Waals surface area contributed by atoms with Gasteiger partial charge in [-0.25, -0.2) is 0 Å². The molecular formula is C12H9N3OS2. The number of carbonyl (C=O) groups excluding carboxylic acids is 1. The summed E-state index contributed by atoms with van der Waals surface area (Å²) in [5, 5.41) is 9.79. The van der Waals surface area contributed by atoms with Crippen LogP contribution in [0.2, 0.25) is 0 Å². The van der Waals surface area contributed by atoms with Gasteiger partial charge < -0.3 is 4.98 Å². The van der Waals surface area contributed by atoms with E-state index >= 15 is 0 Å². The van der Waals surface area contributed by atoms with Crippen LogP contribution in [0.15, 0.2) is 34.8 Å². The van der Waals surface area contributed by atoms with E-state index in [9.17, 15) is 4.79 Å². The molecule has 3 rings (SSSR count). The Hall–Kier alpha value is -1.66. The first-order valence-corrected chi connectivity index (χ1v) is 6.95. The third kappa shape index (κ3) is 2.16. The second kappa shape index (κ2) is 4.55. The molecule has 0 radical (unpaired) electrons. The van der Waals surface area contributed by atoms with Crippen molar-refractivity contribution in [3.8, 4) is 0 Å². The van der Waals surface area contributed by atoms with Crippen LogP contribution in [0.4, 0.5) is 0 Å². The fourth-order valence-electron chi connectivity index (χ4n) is 1.63. The molecule has 0 unspecified atom stereocenters. The smallest absolute Gasteiger partial charge is 0.226 e. The summed E-state index contributed by atoms with van der Waals surface area (Å²) in [6.45, 7) is 1.87. The first kappa shape index (κ1) is 11.4. The lowest BCUT2D eigenvalue weighted by atomic mass is 10.2. The maximum absolute atomic E-state index is 12.1. The minimum absolute atomic E-state index is 0.0114. The zero-order chi connectivity index (χ0) is 12.5. The first-order valence-electron chi connectivity index (χ1n) is 5.32. The fraction of sp³-hybridized carbons (Fsp3) is 0.0833. The molecular weight excluding hydrogens is 266 g/mol. The molecule has 0 amide bonds. The number of benzene rings is 1. The molecule has 2 heterocycles. The lowest BCUT2D eigenvalue weighted by molar-refractivity contribution is 0.108. The van der Waals surface area contributed by atoms with Crippen molar-refractivity contribution >= 4 is 39.1 Å². The highest BCUT2D eigenvalue weighted by molar-refractivity contribution is 8.15. The molecule has 4 nitrogen and oxygen atoms in total. The molecule has 0 fully saturated rings. The van der Waals surface area contributed by atoms with Gasteiger partial charge in [-0.15, -0.1) is 10.2 Å². The molecule has 0 spiro atoms. The number of nitrogens with one attached hydrogen (secondary N) is 1. The number of thioether (sulfide) groups is 1. The van der Waals surface area contributed by atoms with Crippen LogP contribution in [0.1, 0.15) is 15.4 Å². The van der Waals surface area contributed by atoms with Gasteiger partial charge in [0.2, 0.25) is 5.12 Å². The number of hydrogen-bond donors (Lipinski definition) is 1. The molecule has 0 saturated carbocycles. The number of hydrogen-bond acceptors (Lipinski definition) is 5. The van der Waals surface area contributed by atoms with Crippen LogP contribution in [0.25, 0.3) is 10.9 Å². The summed E-state index contributed by atoms with van der Waals surface area (Å²) in [6, 6.07) is 7.60. The maximum Gasteiger partial charge on any atom is 0.226 e. The second-order valence-electron chi connectivity index (χ2n) is 3.76. The van der Waals surface area contributed by atoms with Gasteiger partial charge in [0.05, 0.1) is 0 Å². The number of aromatic nitrogens is 3. The predicted molar refractivity (Wildman–Crippen MR) is 73.1 cm³/mol. The van der Waals surface area contributed by atoms with Crippen LogP contribution in [0.3, 0.4) is 0 Å². The Balaban J connectivity index is 1.87. The Morgan fingerprint density at radius 2 is 2.22 bits per heavy atom. The van der Waals surface area contributed by atoms with E-state index in [2.05, 4.69) is 15.2 Å². The highest BCUT2D eigenvalue weighted by Gasteiger charge is 2.12. The van der Waals surface area contributed by atoms with Gasteiger partial charge in [-0.2, -0.15) is 0 Å². The number of carbonyl (C=O) groups is 1. The number of aromatic amines is 1. The van der Waals surface area contributed by atoms with Crippen molar-refractivity contribution in [3.63, 3.8) is 0 Å². The summed E-state index contributed by atoms with van der Waals surface area (Å²) in [5.74, 6) is 0. The molecule has 3 aromatic rings. The van der Waals surface area contributed by atoms with E-state index in [1.165, 1.54) is 11.3 Å². The van der Waals surface area contributed by atoms with Gasteiger partial charge in [-0.1, -0.05) is 17.4 Å². The van der Waals surface area contributed by atoms with Crippen molar-refractivity contribution in [1.82, 2.24) is 15.2 Å². The molecule has 18 heavy (non-hydrogen) atoms. The monoisotopic (exact) mass is 275 g/mol. The van der Waals surface area contributed by atoms with E-state index < -0.39 is 0 Å². The second-order valence-corrected chi connectivity index (χ2v) is 6.16. The van der Waals surface area contributed by atoms with E-state index in [0.29, 0.717) is 9.90 Å². The summed E-state index contributed by atoms with van der Waals surface area (Å²) in [7, 11) is 0. The van der Waals surface area contributed by atoms with Crippen LogP contribution in [-0.4, -0.2) is 20.3 Å². The van der Waals surface area contributed by atoms with Gasteiger partial charge in [-0.3, -0.25) is 4.79 Å². The number of aryl methyl sites for hydroxylation is 1. The molecule has 6 heteroatoms. The minimum Gasteiger partial charge on any atom is -0.361 e. The zero-order valence-corrected chi connectivity index (χ0v) is 11.1. The average Bonchev–Trinajstić information content (AvgIpc) is 2.96. The third-order valence-electron chi connectivity index (χ3n) is 2.48. The molecule has 0 saturated heterocycles. The van der Waals surface area contributed by atoms with Crippen LogP contribution in [-0.2, 0) is 0 Å². The molecule has 1 N–H and O–H groups in total. The summed E-state index contributed by atoms with van der Waals surface area (Å²) in [4.78, 5) is 15.2. The van der Waals surface area contributed by atoms with Crippen LogP contribution in [0.5, 0.6) is 0 Å². The molecule has 0 aliphatic rings. The Bertz CT molecular complexity index is 717. The Labute approximate surface area is 111 Å². The summed E-state index contributed by atoms with van der Waals surface area (Å²) in [6.07, 6.45) is 1.86. The van der Waals surface area contributed by atoms with Crippen molar-refractivity contribution < 1.29 is 4.79 Å². The Morgan fingerprint density at radius 3 is 3.00 bits per heavy atom. The SMILES string of the molecule is Cc1nnc(SC(=O)c2ccc3cc[nH]c3c2)s1. The van der Waals surface area contributed by atoms with Crippen molar-refractivity contribution in [3.05, 3.63) is 41.0 Å². The number of nitrogens with zero attached hydrogens (tertiary/aromatic N) is 2. The predicted octanol–water partition coefficient (Wildman–Crippen LogP) is 3.26. The maximum atomic E-state index is 12.1. The third-order valence-corrected chi connectivity index (χ3v) is 4.29. The molecule has 1 aromatic carbocycles. The lowest BCUT2D eigenvalue weighted by Crippen LogP contribution is -1.92. The Morgan fingerprint density at radius 1 is 1.33 bits per heavy atom. The average molecular weight is 275 g/mol. The van der Waals surface area contributed by atoms with Gasteiger partial charge in [0.1, 0.15) is 5.01 Å². The fourth-order valence-corrected chi connectivity index (χ4v) is 3.29. The quantitative estimate of drug-likeness (QED) is 0.729. The van der Waals surface area contributed by atoms with Gasteiger partial charge in [0.15, 0.2) is 4.34 Å². The Kier molecular flexibility index (Phi) is 2.89. The summed E-state index contributed by atoms with van der Waals surface area (Å²) < 4.78 is 0.684. The van der Waals surface area contributed by atoms with Gasteiger partial charge in [0, 0.05) is 17.3 Å².